The van der Waals surface area contributed by atoms with E-state index in [1.807, 2.05) is 26.8 Å². The number of rotatable bonds is 1. The van der Waals surface area contributed by atoms with Crippen molar-refractivity contribution in [2.75, 3.05) is 24.2 Å². The van der Waals surface area contributed by atoms with E-state index < -0.39 is 15.1 Å². The van der Waals surface area contributed by atoms with Crippen LogP contribution in [0.5, 0.6) is 0 Å². The van der Waals surface area contributed by atoms with Crippen LogP contribution in [0.2, 0.25) is 0 Å². The Bertz CT molecular complexity index is 650. The Kier molecular flexibility index (Phi) is 4.42. The average Bonchev–Trinajstić information content (AvgIpc) is 2.41. The summed E-state index contributed by atoms with van der Waals surface area (Å²) >= 11 is 0. The summed E-state index contributed by atoms with van der Waals surface area (Å²) in [4.78, 5) is 13.6. The second-order valence-corrected chi connectivity index (χ2v) is 9.15. The number of carbonyl (C=O) groups excluding carboxylic acids is 1. The third-order valence-corrected chi connectivity index (χ3v) is 5.82. The summed E-state index contributed by atoms with van der Waals surface area (Å²) in [6, 6.07) is 3.18. The normalized spacial score (nSPS) is 21.5. The van der Waals surface area contributed by atoms with E-state index in [9.17, 15) is 13.2 Å². The summed E-state index contributed by atoms with van der Waals surface area (Å²) in [7, 11) is -3.07. The number of urea groups is 1. The number of amides is 2. The Morgan fingerprint density at radius 2 is 2.00 bits per heavy atom. The van der Waals surface area contributed by atoms with Gasteiger partial charge in [0.2, 0.25) is 0 Å². The monoisotopic (exact) mass is 326 g/mol. The highest BCUT2D eigenvalue weighted by Crippen LogP contribution is 2.20. The van der Waals surface area contributed by atoms with Gasteiger partial charge in [0.05, 0.1) is 16.7 Å². The van der Waals surface area contributed by atoms with Gasteiger partial charge in [0, 0.05) is 18.5 Å². The summed E-state index contributed by atoms with van der Waals surface area (Å²) in [5, 5.41) is 10.2. The third kappa shape index (κ3) is 3.73. The van der Waals surface area contributed by atoms with Crippen LogP contribution in [0.1, 0.15) is 33.4 Å². The van der Waals surface area contributed by atoms with Gasteiger partial charge >= 0.3 is 6.03 Å². The van der Waals surface area contributed by atoms with Crippen LogP contribution in [0.15, 0.2) is 12.1 Å². The molecule has 122 valence electrons. The Morgan fingerprint density at radius 3 is 2.50 bits per heavy atom. The highest BCUT2D eigenvalue weighted by atomic mass is 32.2. The zero-order valence-corrected chi connectivity index (χ0v) is 14.1. The van der Waals surface area contributed by atoms with Crippen molar-refractivity contribution in [1.29, 1.82) is 0 Å². The van der Waals surface area contributed by atoms with E-state index in [-0.39, 0.29) is 30.3 Å². The number of carbonyl (C=O) groups is 1. The maximum Gasteiger partial charge on any atom is 0.323 e. The fourth-order valence-corrected chi connectivity index (χ4v) is 3.41. The number of nitrogens with one attached hydrogen (secondary N) is 1. The molecule has 0 spiro atoms. The van der Waals surface area contributed by atoms with Crippen LogP contribution in [0.4, 0.5) is 10.6 Å². The van der Waals surface area contributed by atoms with Crippen LogP contribution >= 0.6 is 0 Å². The van der Waals surface area contributed by atoms with E-state index in [1.54, 1.807) is 13.0 Å². The number of anilines is 1. The maximum absolute atomic E-state index is 12.2. The van der Waals surface area contributed by atoms with Gasteiger partial charge in [-0.15, -0.1) is 5.10 Å². The van der Waals surface area contributed by atoms with Crippen molar-refractivity contribution in [2.24, 2.45) is 0 Å². The molecule has 0 unspecified atom stereocenters. The lowest BCUT2D eigenvalue weighted by atomic mass is 9.92. The van der Waals surface area contributed by atoms with E-state index in [1.165, 1.54) is 4.90 Å². The molecule has 1 aromatic heterocycles. The maximum atomic E-state index is 12.2. The van der Waals surface area contributed by atoms with Gasteiger partial charge in [-0.1, -0.05) is 20.8 Å². The molecule has 1 saturated heterocycles. The molecular weight excluding hydrogens is 304 g/mol. The van der Waals surface area contributed by atoms with Crippen LogP contribution in [0, 0.1) is 0 Å². The number of sulfone groups is 1. The highest BCUT2D eigenvalue weighted by Gasteiger charge is 2.31. The van der Waals surface area contributed by atoms with Crippen LogP contribution in [-0.4, -0.2) is 53.6 Å². The van der Waals surface area contributed by atoms with Crippen molar-refractivity contribution < 1.29 is 13.2 Å². The predicted molar refractivity (Wildman–Crippen MR) is 84.6 cm³/mol. The molecule has 1 fully saturated rings. The van der Waals surface area contributed by atoms with Crippen molar-refractivity contribution >= 4 is 21.7 Å². The Morgan fingerprint density at radius 1 is 1.32 bits per heavy atom. The third-order valence-electron chi connectivity index (χ3n) is 3.69. The quantitative estimate of drug-likeness (QED) is 0.842. The van der Waals surface area contributed by atoms with Crippen molar-refractivity contribution in [3.05, 3.63) is 17.8 Å². The van der Waals surface area contributed by atoms with E-state index in [4.69, 9.17) is 0 Å². The molecule has 0 aliphatic carbocycles. The number of hydrogen-bond donors (Lipinski definition) is 1. The number of nitrogens with zero attached hydrogens (tertiary/aromatic N) is 3. The first-order valence-corrected chi connectivity index (χ1v) is 8.93. The average molecular weight is 326 g/mol. The van der Waals surface area contributed by atoms with Crippen molar-refractivity contribution in [3.8, 4) is 0 Å². The molecule has 8 heteroatoms. The van der Waals surface area contributed by atoms with Crippen LogP contribution in [0.25, 0.3) is 0 Å². The van der Waals surface area contributed by atoms with Gasteiger partial charge in [0.25, 0.3) is 0 Å². The van der Waals surface area contributed by atoms with Gasteiger partial charge in [-0.05, 0) is 19.1 Å². The molecule has 1 aromatic rings. The molecule has 0 saturated carbocycles. The molecule has 2 rings (SSSR count). The van der Waals surface area contributed by atoms with Gasteiger partial charge in [-0.2, -0.15) is 5.10 Å². The first kappa shape index (κ1) is 16.7. The van der Waals surface area contributed by atoms with E-state index in [0.29, 0.717) is 5.82 Å². The molecule has 0 aromatic carbocycles. The SMILES string of the molecule is C[C@H]1CN(C(=O)Nc2ccc(C(C)(C)C)nn2)CCS1(=O)=O. The van der Waals surface area contributed by atoms with Crippen LogP contribution in [-0.2, 0) is 15.3 Å². The molecule has 2 amide bonds. The van der Waals surface area contributed by atoms with Gasteiger partial charge in [-0.3, -0.25) is 5.32 Å². The van der Waals surface area contributed by atoms with Crippen LogP contribution < -0.4 is 5.32 Å². The molecular formula is C14H22N4O3S. The predicted octanol–water partition coefficient (Wildman–Crippen LogP) is 1.42. The minimum atomic E-state index is -3.07. The molecule has 1 atom stereocenters. The first-order chi connectivity index (χ1) is 10.1. The fourth-order valence-electron chi connectivity index (χ4n) is 2.13. The van der Waals surface area contributed by atoms with Gasteiger partial charge < -0.3 is 4.90 Å². The molecule has 1 aliphatic heterocycles. The summed E-state index contributed by atoms with van der Waals surface area (Å²) in [6.07, 6.45) is 0. The minimum Gasteiger partial charge on any atom is -0.322 e. The molecule has 22 heavy (non-hydrogen) atoms. The summed E-state index contributed by atoms with van der Waals surface area (Å²) in [6.45, 7) is 8.11. The standard InChI is InChI=1S/C14H22N4O3S/c1-10-9-18(7-8-22(10,20)21)13(19)15-12-6-5-11(16-17-12)14(2,3)4/h5-6,10H,7-9H2,1-4H3,(H,15,17,19)/t10-/m0/s1. The minimum absolute atomic E-state index is 0.00374. The lowest BCUT2D eigenvalue weighted by molar-refractivity contribution is 0.212. The number of aromatic nitrogens is 2. The second-order valence-electron chi connectivity index (χ2n) is 6.61. The molecule has 0 radical (unpaired) electrons. The van der Waals surface area contributed by atoms with Crippen LogP contribution in [0.3, 0.4) is 0 Å². The molecule has 0 bridgehead atoms. The highest BCUT2D eigenvalue weighted by molar-refractivity contribution is 7.92. The van der Waals surface area contributed by atoms with Gasteiger partial charge in [-0.25, -0.2) is 13.2 Å². The summed E-state index contributed by atoms with van der Waals surface area (Å²) in [5.41, 5.74) is 0.731. The fraction of sp³-hybridized carbons (Fsp3) is 0.643. The lowest BCUT2D eigenvalue weighted by Crippen LogP contribution is -2.49. The van der Waals surface area contributed by atoms with Crippen molar-refractivity contribution in [3.63, 3.8) is 0 Å². The van der Waals surface area contributed by atoms with Gasteiger partial charge in [0.1, 0.15) is 0 Å². The number of hydrogen-bond acceptors (Lipinski definition) is 5. The molecule has 1 N–H and O–H groups in total. The lowest BCUT2D eigenvalue weighted by Gasteiger charge is -2.30. The largest absolute Gasteiger partial charge is 0.323 e. The Hall–Kier alpha value is -1.70. The second kappa shape index (κ2) is 5.83. The molecule has 1 aliphatic rings. The smallest absolute Gasteiger partial charge is 0.322 e. The van der Waals surface area contributed by atoms with Crippen molar-refractivity contribution in [1.82, 2.24) is 15.1 Å². The summed E-state index contributed by atoms with van der Waals surface area (Å²) < 4.78 is 23.3. The summed E-state index contributed by atoms with van der Waals surface area (Å²) in [5.74, 6) is 0.357. The topological polar surface area (TPSA) is 92.3 Å². The zero-order chi connectivity index (χ0) is 16.5. The van der Waals surface area contributed by atoms with E-state index >= 15 is 0 Å². The van der Waals surface area contributed by atoms with Crippen molar-refractivity contribution in [2.45, 2.75) is 38.4 Å². The Labute approximate surface area is 131 Å². The first-order valence-electron chi connectivity index (χ1n) is 7.21. The Balaban J connectivity index is 2.01. The molecule has 2 heterocycles. The molecule has 7 nitrogen and oxygen atoms in total. The van der Waals surface area contributed by atoms with Gasteiger partial charge in [0.15, 0.2) is 15.7 Å². The zero-order valence-electron chi connectivity index (χ0n) is 13.3. The van der Waals surface area contributed by atoms with E-state index in [0.717, 1.165) is 5.69 Å². The van der Waals surface area contributed by atoms with E-state index in [2.05, 4.69) is 15.5 Å².